The highest BCUT2D eigenvalue weighted by Crippen LogP contribution is 2.24. The second-order valence-corrected chi connectivity index (χ2v) is 11.1. The molecule has 0 spiro atoms. The molecule has 1 N–H and O–H groups in total. The summed E-state index contributed by atoms with van der Waals surface area (Å²) in [5, 5.41) is 3.56. The van der Waals surface area contributed by atoms with Crippen molar-refractivity contribution in [3.63, 3.8) is 0 Å². The van der Waals surface area contributed by atoms with Gasteiger partial charge in [0.05, 0.1) is 5.69 Å². The van der Waals surface area contributed by atoms with Gasteiger partial charge in [0.25, 0.3) is 0 Å². The number of carbonyl (C=O) groups is 2. The van der Waals surface area contributed by atoms with E-state index < -0.39 is 28.7 Å². The van der Waals surface area contributed by atoms with Gasteiger partial charge in [0.15, 0.2) is 0 Å². The minimum Gasteiger partial charge on any atom is -0.352 e. The highest BCUT2D eigenvalue weighted by molar-refractivity contribution is 7.90. The number of hydrogen-bond donors (Lipinski definition) is 1. The van der Waals surface area contributed by atoms with Crippen molar-refractivity contribution in [2.75, 3.05) is 24.9 Å². The molecule has 0 aliphatic rings. The molecule has 0 aromatic heterocycles. The molecule has 186 valence electrons. The molecule has 2 aromatic carbocycles. The second kappa shape index (κ2) is 11.9. The molecule has 0 saturated carbocycles. The van der Waals surface area contributed by atoms with Crippen molar-refractivity contribution < 1.29 is 18.0 Å². The van der Waals surface area contributed by atoms with Crippen LogP contribution in [0.25, 0.3) is 0 Å². The summed E-state index contributed by atoms with van der Waals surface area (Å²) in [6.07, 6.45) is 0. The van der Waals surface area contributed by atoms with Gasteiger partial charge in [0, 0.05) is 36.7 Å². The number of para-hydroxylation sites is 1. The van der Waals surface area contributed by atoms with Crippen LogP contribution in [0, 0.1) is 0 Å². The molecular formula is C23H30Cl2N4O4S. The summed E-state index contributed by atoms with van der Waals surface area (Å²) < 4.78 is 28.2. The molecule has 2 aromatic rings. The Kier molecular flexibility index (Phi) is 9.75. The van der Waals surface area contributed by atoms with Gasteiger partial charge < -0.3 is 10.2 Å². The fourth-order valence-electron chi connectivity index (χ4n) is 3.13. The molecule has 2 rings (SSSR count). The predicted octanol–water partition coefficient (Wildman–Crippen LogP) is 3.55. The van der Waals surface area contributed by atoms with Crippen molar-refractivity contribution in [1.82, 2.24) is 14.5 Å². The zero-order valence-electron chi connectivity index (χ0n) is 19.8. The smallest absolute Gasteiger partial charge is 0.304 e. The van der Waals surface area contributed by atoms with E-state index in [2.05, 4.69) is 5.32 Å². The molecule has 0 radical (unpaired) electrons. The highest BCUT2D eigenvalue weighted by Gasteiger charge is 2.32. The first-order valence-corrected chi connectivity index (χ1v) is 12.8. The molecule has 0 saturated heterocycles. The number of hydrogen-bond acceptors (Lipinski definition) is 4. The Morgan fingerprint density at radius 2 is 1.62 bits per heavy atom. The largest absolute Gasteiger partial charge is 0.352 e. The number of halogens is 2. The van der Waals surface area contributed by atoms with Gasteiger partial charge in [0.2, 0.25) is 11.8 Å². The summed E-state index contributed by atoms with van der Waals surface area (Å²) in [7, 11) is -1.22. The number of benzene rings is 2. The third-order valence-electron chi connectivity index (χ3n) is 5.02. The maximum atomic E-state index is 13.6. The van der Waals surface area contributed by atoms with Crippen LogP contribution in [0.5, 0.6) is 0 Å². The zero-order chi connectivity index (χ0) is 25.6. The molecule has 0 heterocycles. The van der Waals surface area contributed by atoms with Crippen LogP contribution in [0.1, 0.15) is 26.3 Å². The van der Waals surface area contributed by atoms with Crippen LogP contribution in [-0.4, -0.2) is 62.2 Å². The number of anilines is 1. The van der Waals surface area contributed by atoms with Gasteiger partial charge in [-0.15, -0.1) is 0 Å². The van der Waals surface area contributed by atoms with Crippen molar-refractivity contribution in [3.8, 4) is 0 Å². The molecule has 0 bridgehead atoms. The van der Waals surface area contributed by atoms with Crippen LogP contribution in [0.3, 0.4) is 0 Å². The maximum Gasteiger partial charge on any atom is 0.304 e. The Hall–Kier alpha value is -2.33. The van der Waals surface area contributed by atoms with Crippen molar-refractivity contribution in [2.45, 2.75) is 39.4 Å². The van der Waals surface area contributed by atoms with Crippen molar-refractivity contribution >= 4 is 50.9 Å². The van der Waals surface area contributed by atoms with Crippen LogP contribution in [0.4, 0.5) is 5.69 Å². The Morgan fingerprint density at radius 3 is 2.15 bits per heavy atom. The van der Waals surface area contributed by atoms with E-state index in [0.29, 0.717) is 21.3 Å². The van der Waals surface area contributed by atoms with Gasteiger partial charge >= 0.3 is 10.2 Å². The van der Waals surface area contributed by atoms with E-state index in [1.54, 1.807) is 55.5 Å². The fraction of sp³-hybridized carbons (Fsp3) is 0.391. The molecule has 11 heteroatoms. The van der Waals surface area contributed by atoms with Crippen molar-refractivity contribution in [2.24, 2.45) is 0 Å². The lowest BCUT2D eigenvalue weighted by Gasteiger charge is -2.33. The third-order valence-corrected chi connectivity index (χ3v) is 7.42. The van der Waals surface area contributed by atoms with E-state index in [4.69, 9.17) is 23.2 Å². The van der Waals surface area contributed by atoms with Crippen molar-refractivity contribution in [3.05, 3.63) is 64.1 Å². The second-order valence-electron chi connectivity index (χ2n) is 8.23. The molecular weight excluding hydrogens is 499 g/mol. The first kappa shape index (κ1) is 27.9. The summed E-state index contributed by atoms with van der Waals surface area (Å²) in [5.74, 6) is -0.929. The molecule has 0 fully saturated rings. The summed E-state index contributed by atoms with van der Waals surface area (Å²) in [6.45, 7) is 4.70. The van der Waals surface area contributed by atoms with E-state index in [1.807, 2.05) is 13.8 Å². The summed E-state index contributed by atoms with van der Waals surface area (Å²) in [6, 6.07) is 12.1. The number of amides is 2. The van der Waals surface area contributed by atoms with E-state index >= 15 is 0 Å². The molecule has 2 amide bonds. The zero-order valence-corrected chi connectivity index (χ0v) is 22.2. The Balaban J connectivity index is 2.46. The van der Waals surface area contributed by atoms with Crippen LogP contribution in [0.15, 0.2) is 48.5 Å². The van der Waals surface area contributed by atoms with Gasteiger partial charge in [0.1, 0.15) is 12.6 Å². The SMILES string of the molecule is CC(C)NC(=O)C(C)N(Cc1ccc(Cl)cc1Cl)C(=O)CN(c1ccccc1)S(=O)(=O)N(C)C. The average molecular weight is 529 g/mol. The number of nitrogens with one attached hydrogen (secondary N) is 1. The highest BCUT2D eigenvalue weighted by atomic mass is 35.5. The molecule has 34 heavy (non-hydrogen) atoms. The number of nitrogens with zero attached hydrogens (tertiary/aromatic N) is 3. The lowest BCUT2D eigenvalue weighted by Crippen LogP contribution is -2.53. The quantitative estimate of drug-likeness (QED) is 0.510. The van der Waals surface area contributed by atoms with E-state index in [0.717, 1.165) is 8.61 Å². The lowest BCUT2D eigenvalue weighted by molar-refractivity contribution is -0.139. The third kappa shape index (κ3) is 7.09. The Morgan fingerprint density at radius 1 is 1.00 bits per heavy atom. The van der Waals surface area contributed by atoms with Gasteiger partial charge in [-0.1, -0.05) is 47.5 Å². The molecule has 0 aliphatic carbocycles. The number of carbonyl (C=O) groups excluding carboxylic acids is 2. The summed E-state index contributed by atoms with van der Waals surface area (Å²) in [4.78, 5) is 27.7. The van der Waals surface area contributed by atoms with Crippen LogP contribution in [-0.2, 0) is 26.3 Å². The van der Waals surface area contributed by atoms with Gasteiger partial charge in [-0.3, -0.25) is 9.59 Å². The summed E-state index contributed by atoms with van der Waals surface area (Å²) in [5.41, 5.74) is 0.902. The topological polar surface area (TPSA) is 90.0 Å². The summed E-state index contributed by atoms with van der Waals surface area (Å²) >= 11 is 12.3. The minimum atomic E-state index is -4.00. The Labute approximate surface area is 211 Å². The van der Waals surface area contributed by atoms with Gasteiger partial charge in [-0.25, -0.2) is 4.31 Å². The monoisotopic (exact) mass is 528 g/mol. The predicted molar refractivity (Wildman–Crippen MR) is 136 cm³/mol. The van der Waals surface area contributed by atoms with E-state index in [-0.39, 0.29) is 18.5 Å². The van der Waals surface area contributed by atoms with Crippen molar-refractivity contribution in [1.29, 1.82) is 0 Å². The van der Waals surface area contributed by atoms with Crippen LogP contribution in [0.2, 0.25) is 10.0 Å². The molecule has 1 unspecified atom stereocenters. The minimum absolute atomic E-state index is 0.00778. The van der Waals surface area contributed by atoms with Crippen LogP contribution >= 0.6 is 23.2 Å². The molecule has 1 atom stereocenters. The van der Waals surface area contributed by atoms with E-state index in [1.165, 1.54) is 19.0 Å². The Bertz CT molecular complexity index is 1110. The van der Waals surface area contributed by atoms with Gasteiger partial charge in [-0.2, -0.15) is 12.7 Å². The van der Waals surface area contributed by atoms with Crippen LogP contribution < -0.4 is 9.62 Å². The molecule has 0 aliphatic heterocycles. The first-order chi connectivity index (χ1) is 15.8. The first-order valence-electron chi connectivity index (χ1n) is 10.6. The van der Waals surface area contributed by atoms with Gasteiger partial charge in [-0.05, 0) is 50.6 Å². The lowest BCUT2D eigenvalue weighted by atomic mass is 10.1. The normalized spacial score (nSPS) is 12.5. The number of rotatable bonds is 10. The standard InChI is InChI=1S/C23H30Cl2N4O4S/c1-16(2)26-23(31)17(3)28(14-18-11-12-19(24)13-21(18)25)22(30)15-29(34(32,33)27(4)5)20-9-7-6-8-10-20/h6-13,16-17H,14-15H2,1-5H3,(H,26,31). The fourth-order valence-corrected chi connectivity index (χ4v) is 4.66. The van der Waals surface area contributed by atoms with E-state index in [9.17, 15) is 18.0 Å². The average Bonchev–Trinajstić information content (AvgIpc) is 2.76. The molecule has 8 nitrogen and oxygen atoms in total. The maximum absolute atomic E-state index is 13.6.